The van der Waals surface area contributed by atoms with Crippen molar-refractivity contribution in [3.05, 3.63) is 27.5 Å². The third-order valence-electron chi connectivity index (χ3n) is 3.35. The molecule has 0 radical (unpaired) electrons. The number of pyridine rings is 1. The average Bonchev–Trinajstić information content (AvgIpc) is 2.36. The maximum atomic E-state index is 11.1. The van der Waals surface area contributed by atoms with Gasteiger partial charge in [0.15, 0.2) is 0 Å². The smallest absolute Gasteiger partial charge is 0.404 e. The lowest BCUT2D eigenvalue weighted by molar-refractivity contribution is -0.384. The molecule has 1 aromatic rings. The van der Waals surface area contributed by atoms with Gasteiger partial charge in [0, 0.05) is 25.2 Å². The number of nitrogens with one attached hydrogen (secondary N) is 1. The van der Waals surface area contributed by atoms with Crippen molar-refractivity contribution in [2.45, 2.75) is 19.4 Å². The number of carbonyl (C=O) groups is 1. The number of hydrogen-bond acceptors (Lipinski definition) is 5. The highest BCUT2D eigenvalue weighted by Gasteiger charge is 2.30. The Kier molecular flexibility index (Phi) is 4.46. The molecular weight excluding hydrogens is 300 g/mol. The van der Waals surface area contributed by atoms with Gasteiger partial charge in [-0.3, -0.25) is 10.1 Å². The van der Waals surface area contributed by atoms with E-state index in [2.05, 4.69) is 10.3 Å². The van der Waals surface area contributed by atoms with Crippen LogP contribution in [-0.4, -0.2) is 40.2 Å². The summed E-state index contributed by atoms with van der Waals surface area (Å²) in [4.78, 5) is 26.9. The Morgan fingerprint density at radius 1 is 1.62 bits per heavy atom. The average molecular weight is 315 g/mol. The highest BCUT2D eigenvalue weighted by Crippen LogP contribution is 2.32. The Morgan fingerprint density at radius 2 is 2.33 bits per heavy atom. The molecule has 1 amide bonds. The minimum absolute atomic E-state index is 0.137. The van der Waals surface area contributed by atoms with Crippen molar-refractivity contribution in [3.63, 3.8) is 0 Å². The molecule has 0 spiro atoms. The third-order valence-corrected chi connectivity index (χ3v) is 3.56. The maximum absolute atomic E-state index is 11.1. The zero-order valence-electron chi connectivity index (χ0n) is 11.3. The second-order valence-electron chi connectivity index (χ2n) is 5.15. The Labute approximate surface area is 125 Å². The van der Waals surface area contributed by atoms with Crippen LogP contribution in [0, 0.1) is 16.0 Å². The molecule has 1 aromatic heterocycles. The summed E-state index contributed by atoms with van der Waals surface area (Å²) in [7, 11) is 0. The summed E-state index contributed by atoms with van der Waals surface area (Å²) in [5.41, 5.74) is 0.228. The fourth-order valence-electron chi connectivity index (χ4n) is 2.63. The van der Waals surface area contributed by atoms with Crippen molar-refractivity contribution in [1.29, 1.82) is 0 Å². The summed E-state index contributed by atoms with van der Waals surface area (Å²) in [6, 6.07) is 1.16. The first-order chi connectivity index (χ1) is 9.86. The van der Waals surface area contributed by atoms with Gasteiger partial charge in [0.05, 0.1) is 4.92 Å². The summed E-state index contributed by atoms with van der Waals surface area (Å²) in [6.45, 7) is 2.92. The van der Waals surface area contributed by atoms with Crippen LogP contribution in [-0.2, 0) is 0 Å². The van der Waals surface area contributed by atoms with Crippen LogP contribution in [0.4, 0.5) is 16.2 Å². The summed E-state index contributed by atoms with van der Waals surface area (Å²) in [6.07, 6.45) is 0.711. The van der Waals surface area contributed by atoms with Crippen molar-refractivity contribution in [1.82, 2.24) is 10.3 Å². The van der Waals surface area contributed by atoms with Crippen LogP contribution < -0.4 is 10.2 Å². The molecule has 114 valence electrons. The lowest BCUT2D eigenvalue weighted by Gasteiger charge is -2.37. The minimum Gasteiger partial charge on any atom is -0.465 e. The van der Waals surface area contributed by atoms with E-state index < -0.39 is 11.0 Å². The van der Waals surface area contributed by atoms with E-state index >= 15 is 0 Å². The van der Waals surface area contributed by atoms with Crippen molar-refractivity contribution >= 4 is 29.1 Å². The maximum Gasteiger partial charge on any atom is 0.404 e. The summed E-state index contributed by atoms with van der Waals surface area (Å²) >= 11 is 5.83. The molecule has 2 heterocycles. The van der Waals surface area contributed by atoms with E-state index in [0.717, 1.165) is 6.20 Å². The Balaban J connectivity index is 2.29. The fourth-order valence-corrected chi connectivity index (χ4v) is 2.79. The number of piperidine rings is 1. The molecule has 8 nitrogen and oxygen atoms in total. The largest absolute Gasteiger partial charge is 0.465 e. The van der Waals surface area contributed by atoms with E-state index in [0.29, 0.717) is 25.2 Å². The van der Waals surface area contributed by atoms with Gasteiger partial charge in [0.2, 0.25) is 0 Å². The molecule has 0 aliphatic carbocycles. The molecule has 1 fully saturated rings. The van der Waals surface area contributed by atoms with E-state index in [9.17, 15) is 14.9 Å². The molecule has 0 bridgehead atoms. The van der Waals surface area contributed by atoms with Crippen LogP contribution in [0.1, 0.15) is 13.3 Å². The van der Waals surface area contributed by atoms with Crippen molar-refractivity contribution in [3.8, 4) is 0 Å². The quantitative estimate of drug-likeness (QED) is 0.502. The molecule has 1 saturated heterocycles. The van der Waals surface area contributed by atoms with Gasteiger partial charge in [-0.15, -0.1) is 0 Å². The molecule has 21 heavy (non-hydrogen) atoms. The zero-order valence-corrected chi connectivity index (χ0v) is 12.1. The summed E-state index contributed by atoms with van der Waals surface area (Å²) in [5.74, 6) is 0.196. The SMILES string of the molecule is C[C@@H]1C[C@H](NC(=O)O)CN(c2cc(Cl)ncc2[N+](=O)[O-])C1. The summed E-state index contributed by atoms with van der Waals surface area (Å²) < 4.78 is 0. The van der Waals surface area contributed by atoms with E-state index in [1.165, 1.54) is 6.07 Å². The third kappa shape index (κ3) is 3.72. The first kappa shape index (κ1) is 15.3. The Hall–Kier alpha value is -2.09. The molecular formula is C12H15ClN4O4. The van der Waals surface area contributed by atoms with Gasteiger partial charge < -0.3 is 15.3 Å². The number of hydrogen-bond donors (Lipinski definition) is 2. The van der Waals surface area contributed by atoms with Crippen LogP contribution in [0.2, 0.25) is 5.15 Å². The van der Waals surface area contributed by atoms with Crippen LogP contribution in [0.25, 0.3) is 0 Å². The number of aromatic nitrogens is 1. The van der Waals surface area contributed by atoms with E-state index in [1.807, 2.05) is 6.92 Å². The monoisotopic (exact) mass is 314 g/mol. The van der Waals surface area contributed by atoms with Gasteiger partial charge >= 0.3 is 11.8 Å². The second-order valence-corrected chi connectivity index (χ2v) is 5.53. The molecule has 0 unspecified atom stereocenters. The highest BCUT2D eigenvalue weighted by molar-refractivity contribution is 6.29. The molecule has 9 heteroatoms. The van der Waals surface area contributed by atoms with Gasteiger partial charge in [-0.1, -0.05) is 18.5 Å². The number of halogens is 1. The molecule has 2 rings (SSSR count). The minimum atomic E-state index is -1.10. The number of carboxylic acid groups (broad SMARTS) is 1. The molecule has 1 aliphatic rings. The second kappa shape index (κ2) is 6.13. The van der Waals surface area contributed by atoms with Crippen LogP contribution in [0.5, 0.6) is 0 Å². The van der Waals surface area contributed by atoms with Crippen molar-refractivity contribution < 1.29 is 14.8 Å². The molecule has 0 aromatic carbocycles. The van der Waals surface area contributed by atoms with E-state index in [4.69, 9.17) is 16.7 Å². The summed E-state index contributed by atoms with van der Waals surface area (Å²) in [5, 5.41) is 22.5. The number of rotatable bonds is 3. The standard InChI is InChI=1S/C12H15ClN4O4/c1-7-2-8(15-12(18)19)6-16(5-7)9-3-11(13)14-4-10(9)17(20)21/h3-4,7-8,15H,2,5-6H2,1H3,(H,18,19)/t7-,8+/m1/s1. The lowest BCUT2D eigenvalue weighted by atomic mass is 9.95. The molecule has 2 N–H and O–H groups in total. The topological polar surface area (TPSA) is 109 Å². The molecule has 1 aliphatic heterocycles. The van der Waals surface area contributed by atoms with Gasteiger partial charge in [-0.05, 0) is 12.3 Å². The normalized spacial score (nSPS) is 21.9. The number of nitrogens with zero attached hydrogens (tertiary/aromatic N) is 3. The van der Waals surface area contributed by atoms with Crippen molar-refractivity contribution in [2.24, 2.45) is 5.92 Å². The lowest BCUT2D eigenvalue weighted by Crippen LogP contribution is -2.50. The predicted octanol–water partition coefficient (Wildman–Crippen LogP) is 2.13. The first-order valence-electron chi connectivity index (χ1n) is 6.41. The van der Waals surface area contributed by atoms with E-state index in [-0.39, 0.29) is 22.8 Å². The van der Waals surface area contributed by atoms with Crippen LogP contribution >= 0.6 is 11.6 Å². The van der Waals surface area contributed by atoms with Gasteiger partial charge in [0.25, 0.3) is 0 Å². The Morgan fingerprint density at radius 3 is 2.95 bits per heavy atom. The van der Waals surface area contributed by atoms with Gasteiger partial charge in [-0.25, -0.2) is 9.78 Å². The Bertz CT molecular complexity index is 568. The fraction of sp³-hybridized carbons (Fsp3) is 0.500. The highest BCUT2D eigenvalue weighted by atomic mass is 35.5. The van der Waals surface area contributed by atoms with E-state index in [1.54, 1.807) is 4.90 Å². The first-order valence-corrected chi connectivity index (χ1v) is 6.79. The van der Waals surface area contributed by atoms with Crippen molar-refractivity contribution in [2.75, 3.05) is 18.0 Å². The molecule has 0 saturated carbocycles. The number of anilines is 1. The molecule has 2 atom stereocenters. The van der Waals surface area contributed by atoms with Crippen LogP contribution in [0.15, 0.2) is 12.3 Å². The zero-order chi connectivity index (χ0) is 15.6. The number of amides is 1. The van der Waals surface area contributed by atoms with Gasteiger partial charge in [-0.2, -0.15) is 0 Å². The van der Waals surface area contributed by atoms with Crippen LogP contribution in [0.3, 0.4) is 0 Å². The number of nitro groups is 1. The van der Waals surface area contributed by atoms with Gasteiger partial charge in [0.1, 0.15) is 17.0 Å². The predicted molar refractivity (Wildman–Crippen MR) is 76.8 cm³/mol.